The molecule has 3 aliphatic heterocycles. The monoisotopic (exact) mass is 1540 g/mol. The molecule has 12 N–H and O–H groups in total. The second-order valence-electron chi connectivity index (χ2n) is 24.6. The zero-order valence-electron chi connectivity index (χ0n) is 55.8. The molecule has 44 heteroatoms. The molecule has 0 amide bonds. The van der Waals surface area contributed by atoms with Gasteiger partial charge in [0.15, 0.2) is 53.1 Å². The predicted octanol–water partition coefficient (Wildman–Crippen LogP) is 6.36. The lowest BCUT2D eigenvalue weighted by atomic mass is 9.87. The Morgan fingerprint density at radius 2 is 0.960 bits per heavy atom. The quantitative estimate of drug-likeness (QED) is 0.0114. The zero-order valence-corrected chi connectivity index (χ0v) is 61.8. The number of nitrogens with two attached hydrogens (primary N) is 3. The van der Waals surface area contributed by atoms with Gasteiger partial charge in [-0.25, -0.2) is 54.0 Å². The highest BCUT2D eigenvalue weighted by Gasteiger charge is 2.54. The number of phosphoric acid groups is 1. The third kappa shape index (κ3) is 20.7. The Kier molecular flexibility index (Phi) is 29.0. The summed E-state index contributed by atoms with van der Waals surface area (Å²) in [6.45, 7) is -11.4. The van der Waals surface area contributed by atoms with Crippen molar-refractivity contribution in [1.82, 2.24) is 58.6 Å². The smallest absolute Gasteiger partial charge is 0.464 e. The van der Waals surface area contributed by atoms with Gasteiger partial charge in [-0.2, -0.15) is 0 Å². The largest absolute Gasteiger partial charge is 0.472 e. The van der Waals surface area contributed by atoms with E-state index in [0.717, 1.165) is 38.3 Å². The Balaban J connectivity index is 0.846. The topological polar surface area (TPSA) is 501 Å². The lowest BCUT2D eigenvalue weighted by Crippen LogP contribution is -2.38. The highest BCUT2D eigenvalue weighted by Crippen LogP contribution is 2.60. The number of aliphatic hydroxyl groups is 2. The number of aliphatic hydroxyl groups excluding tert-OH is 2. The molecule has 9 rings (SSSR count). The van der Waals surface area contributed by atoms with Crippen molar-refractivity contribution in [3.63, 3.8) is 0 Å². The number of hydrogen-bond donors (Lipinski definition) is 9. The molecule has 6 aromatic heterocycles. The number of aromatic nitrogens is 12. The molecule has 9 heterocycles. The first-order valence-corrected chi connectivity index (χ1v) is 42.4. The van der Waals surface area contributed by atoms with Crippen molar-refractivity contribution >= 4 is 120 Å². The fourth-order valence-electron chi connectivity index (χ4n) is 11.9. The molecule has 3 saturated heterocycles. The van der Waals surface area contributed by atoms with E-state index in [2.05, 4.69) is 51.8 Å². The van der Waals surface area contributed by atoms with E-state index in [4.69, 9.17) is 106 Å². The fourth-order valence-corrected chi connectivity index (χ4v) is 17.8. The van der Waals surface area contributed by atoms with Crippen LogP contribution >= 0.6 is 39.4 Å². The van der Waals surface area contributed by atoms with Crippen LogP contribution in [0.5, 0.6) is 0 Å². The van der Waals surface area contributed by atoms with Gasteiger partial charge in [-0.3, -0.25) is 41.1 Å². The number of anilines is 3. The summed E-state index contributed by atoms with van der Waals surface area (Å²) in [5.41, 5.74) is 18.4. The van der Waals surface area contributed by atoms with Gasteiger partial charge in [0, 0.05) is 20.0 Å². The first kappa shape index (κ1) is 80.0. The maximum Gasteiger partial charge on any atom is 0.472 e. The van der Waals surface area contributed by atoms with Gasteiger partial charge in [-0.15, -0.1) is 0 Å². The maximum atomic E-state index is 14.1. The molecule has 0 saturated carbocycles. The molecule has 0 spiro atoms. The summed E-state index contributed by atoms with van der Waals surface area (Å²) in [5.74, 6) is -0.581. The van der Waals surface area contributed by atoms with Crippen LogP contribution in [0.15, 0.2) is 38.0 Å². The molecule has 16 atom stereocenters. The average molecular weight is 1540 g/mol. The van der Waals surface area contributed by atoms with Crippen LogP contribution in [0, 0.1) is 5.41 Å². The molecule has 0 bridgehead atoms. The van der Waals surface area contributed by atoms with Crippen LogP contribution in [0.1, 0.15) is 136 Å². The van der Waals surface area contributed by atoms with Gasteiger partial charge in [-0.1, -0.05) is 96.8 Å². The number of carbonyl (C=O) groups excluding carboxylic acids is 1. The van der Waals surface area contributed by atoms with Crippen molar-refractivity contribution < 1.29 is 104 Å². The van der Waals surface area contributed by atoms with Gasteiger partial charge in [0.25, 0.3) is 0 Å². The number of hydrogen-bond acceptors (Lipinski definition) is 33. The number of nitrogen functional groups attached to an aromatic ring is 3. The predicted molar refractivity (Wildman–Crippen MR) is 369 cm³/mol. The first-order valence-electron chi connectivity index (χ1n) is 32.6. The number of esters is 1. The summed E-state index contributed by atoms with van der Waals surface area (Å²) < 4.78 is 107. The molecular formula is C56H89N15O22P4S3. The van der Waals surface area contributed by atoms with Crippen molar-refractivity contribution in [2.24, 2.45) is 5.41 Å². The van der Waals surface area contributed by atoms with E-state index in [0.29, 0.717) is 17.8 Å². The number of rotatable bonds is 43. The molecule has 558 valence electrons. The van der Waals surface area contributed by atoms with Crippen LogP contribution < -0.4 is 17.2 Å². The number of carbonyl (C=O) groups is 1. The number of methoxy groups -OCH3 is 2. The molecule has 3 aliphatic rings. The van der Waals surface area contributed by atoms with Gasteiger partial charge >= 0.3 is 34.0 Å². The Morgan fingerprint density at radius 1 is 0.560 bits per heavy atom. The van der Waals surface area contributed by atoms with Crippen LogP contribution in [-0.4, -0.2) is 209 Å². The summed E-state index contributed by atoms with van der Waals surface area (Å²) in [5, 5.41) is 21.3. The van der Waals surface area contributed by atoms with Gasteiger partial charge in [-0.05, 0) is 55.3 Å². The van der Waals surface area contributed by atoms with Crippen molar-refractivity contribution in [3.8, 4) is 0 Å². The minimum Gasteiger partial charge on any atom is -0.464 e. The molecule has 3 fully saturated rings. The second kappa shape index (κ2) is 36.3. The number of imidazole rings is 3. The summed E-state index contributed by atoms with van der Waals surface area (Å²) in [4.78, 5) is 96.8. The van der Waals surface area contributed by atoms with Crippen molar-refractivity contribution in [3.05, 3.63) is 38.0 Å². The lowest BCUT2D eigenvalue weighted by molar-refractivity contribution is -0.153. The van der Waals surface area contributed by atoms with Crippen molar-refractivity contribution in [2.45, 2.75) is 191 Å². The van der Waals surface area contributed by atoms with Crippen LogP contribution in [0.2, 0.25) is 0 Å². The van der Waals surface area contributed by atoms with Gasteiger partial charge < -0.3 is 84.5 Å². The van der Waals surface area contributed by atoms with Crippen LogP contribution in [0.25, 0.3) is 33.5 Å². The molecule has 0 aliphatic carbocycles. The van der Waals surface area contributed by atoms with Crippen molar-refractivity contribution in [2.75, 3.05) is 76.8 Å². The third-order valence-electron chi connectivity index (χ3n) is 17.0. The van der Waals surface area contributed by atoms with E-state index in [9.17, 15) is 38.6 Å². The number of unbranched alkanes of at least 4 members (excludes halogenated alkanes) is 13. The number of phosphoric ester groups is 1. The van der Waals surface area contributed by atoms with E-state index in [1.165, 1.54) is 117 Å². The SMILES string of the molecule is CCCCCCCCCCCCCCCCC(C)(C)C(=O)OCCSP(=O)(O)OC1C(OC)[C@@H](COP(O)(=S)OC2C(O)[C@@H](COP(O)(=S)OC3C(OC)[C@@H](COP(=O)(O)OCCO)O[C@H]3n3cnc4c(N)ncnc43)O[C@H]2n2cnc3c(N)ncnc32)O[C@H]1n1cnc2c(N)ncnc21. The summed E-state index contributed by atoms with van der Waals surface area (Å²) in [6.07, 6.45) is 7.72. The Labute approximate surface area is 590 Å². The fraction of sp³-hybridized carbons (Fsp3) is 0.714. The minimum absolute atomic E-state index is 0.00243. The number of fused-ring (bicyclic) bond motifs is 3. The first-order chi connectivity index (χ1) is 47.7. The van der Waals surface area contributed by atoms with E-state index < -0.39 is 146 Å². The van der Waals surface area contributed by atoms with E-state index in [1.807, 2.05) is 13.8 Å². The van der Waals surface area contributed by atoms with E-state index >= 15 is 0 Å². The lowest BCUT2D eigenvalue weighted by Gasteiger charge is -2.28. The van der Waals surface area contributed by atoms with Gasteiger partial charge in [0.05, 0.1) is 57.4 Å². The standard InChI is InChI=1S/C56H89N15O22P4S3/c1-6-7-8-9-10-11-12-13-14-15-16-17-18-19-20-56(2,3)55(74)83-23-24-100-95(77,78)91-44-41(81-4)36(90-53(44)70-32-67-38-47(58)61-29-64-50(38)70)27-87-96(79,98)92-43-40(73)34(88-52(43)69-31-66-37-46(57)60-28-63-49(37)69)25-86-97(80,99)93-45-42(82-5)35(26-85-94(75,76)84-22-21-72)89-54(45)71-33-68-39-48(59)62-30-65-51(39)71/h28-36,40-45,52-54,72-73H,6-27H2,1-5H3,(H,75,76)(H,77,78)(H,79,98)(H,80,99)(H2,57,60,63)(H2,58,61,64)(H2,59,62,65)/t34-,35-,36-,40?,41?,42?,43?,44?,45?,52-,53-,54-,96?,97?/m1/s1. The van der Waals surface area contributed by atoms with E-state index in [1.54, 1.807) is 0 Å². The third-order valence-corrected chi connectivity index (χ3v) is 24.1. The van der Waals surface area contributed by atoms with Crippen molar-refractivity contribution in [1.29, 1.82) is 0 Å². The summed E-state index contributed by atoms with van der Waals surface area (Å²) in [6, 6.07) is 0. The van der Waals surface area contributed by atoms with Gasteiger partial charge in [0.1, 0.15) is 97.1 Å². The number of ether oxygens (including phenoxy) is 6. The molecule has 10 unspecified atom stereocenters. The van der Waals surface area contributed by atoms with Gasteiger partial charge in [0.2, 0.25) is 0 Å². The molecule has 100 heavy (non-hydrogen) atoms. The molecule has 6 aromatic rings. The Hall–Kier alpha value is -4.09. The van der Waals surface area contributed by atoms with Crippen LogP contribution in [0.3, 0.4) is 0 Å². The molecule has 37 nitrogen and oxygen atoms in total. The second-order valence-corrected chi connectivity index (χ2v) is 35.6. The highest BCUT2D eigenvalue weighted by atomic mass is 32.7. The zero-order chi connectivity index (χ0) is 72.0. The summed E-state index contributed by atoms with van der Waals surface area (Å²) >= 11 is 11.7. The average Bonchev–Trinajstić information content (AvgIpc) is 1.61. The number of nitrogens with zero attached hydrogens (tertiary/aromatic N) is 12. The molecular weight excluding hydrogens is 1450 g/mol. The van der Waals surface area contributed by atoms with Crippen LogP contribution in [0.4, 0.5) is 17.5 Å². The van der Waals surface area contributed by atoms with E-state index in [-0.39, 0.29) is 63.3 Å². The maximum absolute atomic E-state index is 14.1. The minimum atomic E-state index is -4.76. The normalized spacial score (nSPS) is 25.9. The molecule has 0 aromatic carbocycles. The van der Waals surface area contributed by atoms with Crippen LogP contribution in [-0.2, 0) is 97.6 Å². The highest BCUT2D eigenvalue weighted by molar-refractivity contribution is 8.54. The summed E-state index contributed by atoms with van der Waals surface area (Å²) in [7, 11) is -2.23. The Bertz CT molecular complexity index is 3850. The Morgan fingerprint density at radius 3 is 1.41 bits per heavy atom. The molecule has 0 radical (unpaired) electrons.